The quantitative estimate of drug-likeness (QED) is 0.815. The van der Waals surface area contributed by atoms with E-state index in [9.17, 15) is 0 Å². The van der Waals surface area contributed by atoms with Crippen LogP contribution in [0.15, 0.2) is 18.2 Å². The lowest BCUT2D eigenvalue weighted by Crippen LogP contribution is -2.29. The summed E-state index contributed by atoms with van der Waals surface area (Å²) in [4.78, 5) is 0. The summed E-state index contributed by atoms with van der Waals surface area (Å²) in [6, 6.07) is 7.47. The summed E-state index contributed by atoms with van der Waals surface area (Å²) in [5.74, 6) is 0. The van der Waals surface area contributed by atoms with Gasteiger partial charge in [0.2, 0.25) is 0 Å². The molecular formula is C15H24N2. The van der Waals surface area contributed by atoms with Crippen molar-refractivity contribution in [2.45, 2.75) is 38.6 Å². The van der Waals surface area contributed by atoms with Gasteiger partial charge in [0.05, 0.1) is 0 Å². The summed E-state index contributed by atoms with van der Waals surface area (Å²) in [5, 5.41) is 6.81. The van der Waals surface area contributed by atoms with E-state index in [0.717, 1.165) is 13.1 Å². The number of benzene rings is 1. The highest BCUT2D eigenvalue weighted by Gasteiger charge is 2.13. The molecule has 0 heterocycles. The van der Waals surface area contributed by atoms with E-state index in [4.69, 9.17) is 0 Å². The predicted molar refractivity (Wildman–Crippen MR) is 73.4 cm³/mol. The molecule has 1 aromatic carbocycles. The van der Waals surface area contributed by atoms with E-state index in [2.05, 4.69) is 35.8 Å². The molecule has 1 unspecified atom stereocenters. The molecule has 1 aromatic rings. The Kier molecular flexibility index (Phi) is 4.57. The van der Waals surface area contributed by atoms with E-state index in [1.54, 1.807) is 11.1 Å². The lowest BCUT2D eigenvalue weighted by atomic mass is 9.89. The van der Waals surface area contributed by atoms with Crippen molar-refractivity contribution in [1.82, 2.24) is 10.6 Å². The first-order chi connectivity index (χ1) is 8.35. The van der Waals surface area contributed by atoms with Crippen LogP contribution in [0.2, 0.25) is 0 Å². The summed E-state index contributed by atoms with van der Waals surface area (Å²) in [6.45, 7) is 4.19. The molecule has 0 spiro atoms. The highest BCUT2D eigenvalue weighted by molar-refractivity contribution is 5.35. The van der Waals surface area contributed by atoms with Crippen LogP contribution in [0.4, 0.5) is 0 Å². The minimum Gasteiger partial charge on any atom is -0.315 e. The molecule has 0 bridgehead atoms. The fourth-order valence-corrected chi connectivity index (χ4v) is 2.65. The molecule has 0 radical (unpaired) electrons. The molecule has 1 aliphatic rings. The van der Waals surface area contributed by atoms with Gasteiger partial charge in [0.25, 0.3) is 0 Å². The summed E-state index contributed by atoms with van der Waals surface area (Å²) >= 11 is 0. The Bertz CT molecular complexity index is 360. The van der Waals surface area contributed by atoms with Crippen LogP contribution in [0.3, 0.4) is 0 Å². The Morgan fingerprint density at radius 2 is 1.94 bits per heavy atom. The van der Waals surface area contributed by atoms with E-state index in [1.807, 2.05) is 7.05 Å². The first-order valence-electron chi connectivity index (χ1n) is 6.84. The molecule has 0 aromatic heterocycles. The third kappa shape index (κ3) is 3.08. The van der Waals surface area contributed by atoms with E-state index < -0.39 is 0 Å². The average molecular weight is 232 g/mol. The average Bonchev–Trinajstić information content (AvgIpc) is 2.39. The third-order valence-corrected chi connectivity index (χ3v) is 3.72. The van der Waals surface area contributed by atoms with Crippen molar-refractivity contribution in [3.63, 3.8) is 0 Å². The lowest BCUT2D eigenvalue weighted by molar-refractivity contribution is 0.537. The number of rotatable bonds is 5. The normalized spacial score (nSPS) is 16.6. The van der Waals surface area contributed by atoms with Gasteiger partial charge in [-0.05, 0) is 56.0 Å². The molecule has 0 saturated carbocycles. The van der Waals surface area contributed by atoms with Crippen LogP contribution >= 0.6 is 0 Å². The molecule has 17 heavy (non-hydrogen) atoms. The molecule has 0 saturated heterocycles. The number of hydrogen-bond acceptors (Lipinski definition) is 2. The van der Waals surface area contributed by atoms with E-state index >= 15 is 0 Å². The van der Waals surface area contributed by atoms with Gasteiger partial charge in [0.15, 0.2) is 0 Å². The molecule has 94 valence electrons. The summed E-state index contributed by atoms with van der Waals surface area (Å²) < 4.78 is 0. The highest BCUT2D eigenvalue weighted by atomic mass is 15.0. The van der Waals surface area contributed by atoms with Crippen LogP contribution in [-0.2, 0) is 12.8 Å². The number of fused-ring (bicyclic) bond motifs is 1. The molecule has 2 nitrogen and oxygen atoms in total. The van der Waals surface area contributed by atoms with Crippen LogP contribution in [0.25, 0.3) is 0 Å². The second-order valence-electron chi connectivity index (χ2n) is 4.88. The third-order valence-electron chi connectivity index (χ3n) is 3.72. The molecule has 1 atom stereocenters. The van der Waals surface area contributed by atoms with E-state index in [1.165, 1.54) is 31.2 Å². The topological polar surface area (TPSA) is 24.1 Å². The highest BCUT2D eigenvalue weighted by Crippen LogP contribution is 2.24. The van der Waals surface area contributed by atoms with Gasteiger partial charge in [-0.1, -0.05) is 25.1 Å². The molecule has 0 fully saturated rings. The smallest absolute Gasteiger partial charge is 0.0444 e. The zero-order valence-electron chi connectivity index (χ0n) is 11.1. The summed E-state index contributed by atoms with van der Waals surface area (Å²) in [7, 11) is 2.04. The number of hydrogen-bond donors (Lipinski definition) is 2. The fourth-order valence-electron chi connectivity index (χ4n) is 2.65. The zero-order valence-corrected chi connectivity index (χ0v) is 11.1. The van der Waals surface area contributed by atoms with Crippen molar-refractivity contribution in [2.75, 3.05) is 20.1 Å². The Morgan fingerprint density at radius 1 is 1.18 bits per heavy atom. The monoisotopic (exact) mass is 232 g/mol. The van der Waals surface area contributed by atoms with Crippen molar-refractivity contribution in [2.24, 2.45) is 0 Å². The Morgan fingerprint density at radius 3 is 2.65 bits per heavy atom. The molecule has 1 aliphatic carbocycles. The zero-order chi connectivity index (χ0) is 12.1. The van der Waals surface area contributed by atoms with Gasteiger partial charge in [-0.2, -0.15) is 0 Å². The molecule has 0 aliphatic heterocycles. The molecule has 2 rings (SSSR count). The number of nitrogens with one attached hydrogen (secondary N) is 2. The number of aryl methyl sites for hydroxylation is 2. The number of likely N-dealkylation sites (N-methyl/N-ethyl adjacent to an activating group) is 2. The maximum absolute atomic E-state index is 3.42. The minimum atomic E-state index is 0.433. The largest absolute Gasteiger partial charge is 0.315 e. The standard InChI is InChI=1S/C15H24N2/c1-3-17-11-15(16-2)14-9-8-12-6-4-5-7-13(12)10-14/h8-10,15-17H,3-7,11H2,1-2H3. The summed E-state index contributed by atoms with van der Waals surface area (Å²) in [5.41, 5.74) is 4.57. The van der Waals surface area contributed by atoms with Crippen molar-refractivity contribution < 1.29 is 0 Å². The van der Waals surface area contributed by atoms with Crippen LogP contribution < -0.4 is 10.6 Å². The van der Waals surface area contributed by atoms with Crippen LogP contribution in [-0.4, -0.2) is 20.1 Å². The second kappa shape index (κ2) is 6.18. The van der Waals surface area contributed by atoms with Crippen molar-refractivity contribution in [1.29, 1.82) is 0 Å². The van der Waals surface area contributed by atoms with Crippen LogP contribution in [0, 0.1) is 0 Å². The Balaban J connectivity index is 2.13. The fraction of sp³-hybridized carbons (Fsp3) is 0.600. The predicted octanol–water partition coefficient (Wildman–Crippen LogP) is 2.44. The summed E-state index contributed by atoms with van der Waals surface area (Å²) in [6.07, 6.45) is 5.25. The molecule has 0 amide bonds. The van der Waals surface area contributed by atoms with E-state index in [-0.39, 0.29) is 0 Å². The first-order valence-corrected chi connectivity index (χ1v) is 6.84. The molecular weight excluding hydrogens is 208 g/mol. The van der Waals surface area contributed by atoms with E-state index in [0.29, 0.717) is 6.04 Å². The maximum atomic E-state index is 3.42. The van der Waals surface area contributed by atoms with Gasteiger partial charge in [-0.3, -0.25) is 0 Å². The van der Waals surface area contributed by atoms with Gasteiger partial charge in [-0.15, -0.1) is 0 Å². The first kappa shape index (κ1) is 12.6. The van der Waals surface area contributed by atoms with Crippen LogP contribution in [0.1, 0.15) is 42.5 Å². The SMILES string of the molecule is CCNCC(NC)c1ccc2c(c1)CCCC2. The van der Waals surface area contributed by atoms with Crippen molar-refractivity contribution in [3.8, 4) is 0 Å². The molecule has 2 heteroatoms. The van der Waals surface area contributed by atoms with Gasteiger partial charge in [0, 0.05) is 12.6 Å². The second-order valence-corrected chi connectivity index (χ2v) is 4.88. The maximum Gasteiger partial charge on any atom is 0.0444 e. The molecule has 2 N–H and O–H groups in total. The Hall–Kier alpha value is -0.860. The lowest BCUT2D eigenvalue weighted by Gasteiger charge is -2.21. The van der Waals surface area contributed by atoms with Crippen molar-refractivity contribution >= 4 is 0 Å². The van der Waals surface area contributed by atoms with Gasteiger partial charge in [0.1, 0.15) is 0 Å². The van der Waals surface area contributed by atoms with Gasteiger partial charge in [-0.25, -0.2) is 0 Å². The van der Waals surface area contributed by atoms with Crippen LogP contribution in [0.5, 0.6) is 0 Å². The van der Waals surface area contributed by atoms with Gasteiger partial charge < -0.3 is 10.6 Å². The Labute approximate surface area is 105 Å². The minimum absolute atomic E-state index is 0.433. The van der Waals surface area contributed by atoms with Gasteiger partial charge >= 0.3 is 0 Å². The van der Waals surface area contributed by atoms with Crippen molar-refractivity contribution in [3.05, 3.63) is 34.9 Å².